The van der Waals surface area contributed by atoms with Crippen molar-refractivity contribution < 1.29 is 19.1 Å². The van der Waals surface area contributed by atoms with Gasteiger partial charge in [-0.2, -0.15) is 0 Å². The highest BCUT2D eigenvalue weighted by atomic mass is 32.1. The van der Waals surface area contributed by atoms with Gasteiger partial charge in [0.2, 0.25) is 0 Å². The lowest BCUT2D eigenvalue weighted by Crippen LogP contribution is -2.08. The summed E-state index contributed by atoms with van der Waals surface area (Å²) in [6, 6.07) is 101. The monoisotopic (exact) mass is 1150 g/mol. The molecule has 0 fully saturated rings. The van der Waals surface area contributed by atoms with Crippen LogP contribution >= 0.6 is 22.7 Å². The van der Waals surface area contributed by atoms with Crippen molar-refractivity contribution in [2.45, 2.75) is 0 Å². The van der Waals surface area contributed by atoms with Crippen LogP contribution in [-0.4, -0.2) is 11.9 Å². The minimum absolute atomic E-state index is 0.463. The van der Waals surface area contributed by atoms with Gasteiger partial charge in [-0.15, -0.1) is 22.7 Å². The van der Waals surface area contributed by atoms with E-state index in [0.717, 1.165) is 121 Å². The molecule has 12 rings (SSSR count). The van der Waals surface area contributed by atoms with Crippen molar-refractivity contribution in [2.24, 2.45) is 0 Å². The number of anilines is 6. The zero-order valence-corrected chi connectivity index (χ0v) is 48.4. The standard InChI is InChI=1S/C78H56N2O4S2/c1-3-77(81)83-69-45-33-59(34-46-69)57-29-41-67(42-30-57)79(75-51-49-71(85-75)53-73(61-17-9-5-10-18-61)62-19-11-6-12-20-62)65-37-25-55(26-38-65)56-27-39-66(40-28-56)80(68-43-31-58(32-44-68)60-35-47-70(48-36-60)84-78(82)4-2)76-52-50-72(86-76)54-74(63-21-13-7-14-22-63)64-23-15-8-16-24-64/h3-54H,1-2H2. The lowest BCUT2D eigenvalue weighted by atomic mass is 9.97. The Kier molecular flexibility index (Phi) is 16.9. The molecule has 8 heteroatoms. The second-order valence-corrected chi connectivity index (χ2v) is 22.3. The minimum Gasteiger partial charge on any atom is -0.423 e. The molecule has 0 radical (unpaired) electrons. The highest BCUT2D eigenvalue weighted by Gasteiger charge is 2.19. The fraction of sp³-hybridized carbons (Fsp3) is 0. The van der Waals surface area contributed by atoms with Gasteiger partial charge in [-0.05, 0) is 176 Å². The zero-order valence-electron chi connectivity index (χ0n) is 46.8. The van der Waals surface area contributed by atoms with Crippen LogP contribution in [0.15, 0.2) is 316 Å². The molecule has 6 nitrogen and oxygen atoms in total. The summed E-state index contributed by atoms with van der Waals surface area (Å²) in [6.45, 7) is 7.03. The lowest BCUT2D eigenvalue weighted by molar-refractivity contribution is -0.129. The molecule has 10 aromatic carbocycles. The van der Waals surface area contributed by atoms with Crippen molar-refractivity contribution in [2.75, 3.05) is 9.80 Å². The third-order valence-electron chi connectivity index (χ3n) is 14.6. The molecule has 0 amide bonds. The van der Waals surface area contributed by atoms with Crippen LogP contribution < -0.4 is 19.3 Å². The molecule has 2 aromatic heterocycles. The number of rotatable bonds is 19. The number of thiophene rings is 2. The number of benzene rings is 10. The Hall–Kier alpha value is -10.9. The Morgan fingerprint density at radius 2 is 0.547 bits per heavy atom. The van der Waals surface area contributed by atoms with Crippen LogP contribution in [-0.2, 0) is 9.59 Å². The van der Waals surface area contributed by atoms with Crippen LogP contribution in [0, 0.1) is 0 Å². The number of nitrogens with zero attached hydrogens (tertiary/aromatic N) is 2. The first-order valence-corrected chi connectivity index (χ1v) is 29.7. The third-order valence-corrected chi connectivity index (χ3v) is 16.6. The van der Waals surface area contributed by atoms with E-state index in [-0.39, 0.29) is 0 Å². The van der Waals surface area contributed by atoms with Crippen molar-refractivity contribution >= 4 is 90.7 Å². The Morgan fingerprint density at radius 3 is 0.791 bits per heavy atom. The molecule has 0 N–H and O–H groups in total. The molecular formula is C78H56N2O4S2. The fourth-order valence-corrected chi connectivity index (χ4v) is 12.3. The molecule has 0 saturated carbocycles. The number of ether oxygens (including phenoxy) is 2. The highest BCUT2D eigenvalue weighted by molar-refractivity contribution is 7.17. The van der Waals surface area contributed by atoms with Gasteiger partial charge in [0.05, 0.1) is 0 Å². The van der Waals surface area contributed by atoms with E-state index >= 15 is 0 Å². The summed E-state index contributed by atoms with van der Waals surface area (Å²) in [4.78, 5) is 30.6. The molecule has 2 heterocycles. The summed E-state index contributed by atoms with van der Waals surface area (Å²) in [7, 11) is 0. The van der Waals surface area contributed by atoms with Gasteiger partial charge in [0.15, 0.2) is 0 Å². The predicted octanol–water partition coefficient (Wildman–Crippen LogP) is 21.1. The molecule has 0 unspecified atom stereocenters. The van der Waals surface area contributed by atoms with Crippen molar-refractivity contribution in [3.8, 4) is 44.9 Å². The Bertz CT molecular complexity index is 3980. The van der Waals surface area contributed by atoms with E-state index in [1.165, 1.54) is 0 Å². The SMILES string of the molecule is C=CC(=O)Oc1ccc(-c2ccc(N(c3ccc(-c4ccc(N(c5ccc(-c6ccc(OC(=O)C=C)cc6)cc5)c5ccc(C=C(c6ccccc6)c6ccccc6)s5)cc4)cc3)c3ccc(C=C(c4ccccc4)c4ccccc4)s3)cc2)cc1. The molecule has 0 atom stereocenters. The maximum absolute atomic E-state index is 11.9. The first-order valence-electron chi connectivity index (χ1n) is 28.1. The fourth-order valence-electron chi connectivity index (χ4n) is 10.3. The predicted molar refractivity (Wildman–Crippen MR) is 359 cm³/mol. The van der Waals surface area contributed by atoms with E-state index in [0.29, 0.717) is 11.5 Å². The number of hydrogen-bond acceptors (Lipinski definition) is 8. The number of carbonyl (C=O) groups is 2. The van der Waals surface area contributed by atoms with Crippen LogP contribution in [0.25, 0.3) is 56.7 Å². The molecule has 12 aromatic rings. The van der Waals surface area contributed by atoms with Crippen LogP contribution in [0.1, 0.15) is 32.0 Å². The van der Waals surface area contributed by atoms with Gasteiger partial charge in [0, 0.05) is 44.7 Å². The molecular weight excluding hydrogens is 1090 g/mol. The van der Waals surface area contributed by atoms with E-state index in [1.54, 1.807) is 46.9 Å². The zero-order chi connectivity index (χ0) is 58.6. The molecule has 0 aliphatic heterocycles. The van der Waals surface area contributed by atoms with Crippen molar-refractivity contribution in [1.29, 1.82) is 0 Å². The summed E-state index contributed by atoms with van der Waals surface area (Å²) in [5, 5.41) is 2.13. The number of carbonyl (C=O) groups excluding carboxylic acids is 2. The van der Waals surface area contributed by atoms with Gasteiger partial charge in [0.1, 0.15) is 21.5 Å². The lowest BCUT2D eigenvalue weighted by Gasteiger charge is -2.25. The van der Waals surface area contributed by atoms with Crippen LogP contribution in [0.4, 0.5) is 32.8 Å². The maximum Gasteiger partial charge on any atom is 0.335 e. The quantitative estimate of drug-likeness (QED) is 0.0457. The third kappa shape index (κ3) is 13.0. The smallest absolute Gasteiger partial charge is 0.335 e. The Balaban J connectivity index is 0.872. The Labute approximate surface area is 509 Å². The first kappa shape index (κ1) is 55.6. The largest absolute Gasteiger partial charge is 0.423 e. The molecule has 0 aliphatic carbocycles. The van der Waals surface area contributed by atoms with E-state index in [9.17, 15) is 9.59 Å². The molecule has 414 valence electrons. The van der Waals surface area contributed by atoms with Gasteiger partial charge in [-0.25, -0.2) is 9.59 Å². The second-order valence-electron chi connectivity index (χ2n) is 20.1. The summed E-state index contributed by atoms with van der Waals surface area (Å²) < 4.78 is 10.7. The first-order chi connectivity index (χ1) is 42.3. The van der Waals surface area contributed by atoms with E-state index in [4.69, 9.17) is 9.47 Å². The molecule has 0 spiro atoms. The number of hydrogen-bond donors (Lipinski definition) is 0. The topological polar surface area (TPSA) is 59.1 Å². The van der Waals surface area contributed by atoms with Crippen LogP contribution in [0.3, 0.4) is 0 Å². The highest BCUT2D eigenvalue weighted by Crippen LogP contribution is 2.44. The number of esters is 2. The van der Waals surface area contributed by atoms with Crippen LogP contribution in [0.2, 0.25) is 0 Å². The van der Waals surface area contributed by atoms with E-state index in [2.05, 4.69) is 278 Å². The normalized spacial score (nSPS) is 10.7. The van der Waals surface area contributed by atoms with Crippen molar-refractivity contribution in [1.82, 2.24) is 0 Å². The Morgan fingerprint density at radius 1 is 0.302 bits per heavy atom. The summed E-state index contributed by atoms with van der Waals surface area (Å²) in [5.41, 5.74) is 17.2. The average molecular weight is 1150 g/mol. The molecule has 0 aliphatic rings. The van der Waals surface area contributed by atoms with E-state index < -0.39 is 11.9 Å². The van der Waals surface area contributed by atoms with Gasteiger partial charge >= 0.3 is 11.9 Å². The molecule has 0 bridgehead atoms. The average Bonchev–Trinajstić information content (AvgIpc) is 4.12. The van der Waals surface area contributed by atoms with Gasteiger partial charge in [-0.3, -0.25) is 0 Å². The summed E-state index contributed by atoms with van der Waals surface area (Å²) in [6.07, 6.45) is 6.89. The van der Waals surface area contributed by atoms with Gasteiger partial charge in [0.25, 0.3) is 0 Å². The van der Waals surface area contributed by atoms with Crippen LogP contribution in [0.5, 0.6) is 11.5 Å². The minimum atomic E-state index is -0.495. The second kappa shape index (κ2) is 26.1. The van der Waals surface area contributed by atoms with E-state index in [1.807, 2.05) is 24.3 Å². The van der Waals surface area contributed by atoms with Gasteiger partial charge < -0.3 is 19.3 Å². The summed E-state index contributed by atoms with van der Waals surface area (Å²) in [5.74, 6) is -0.0638. The van der Waals surface area contributed by atoms with Crippen molar-refractivity contribution in [3.05, 3.63) is 349 Å². The molecule has 0 saturated heterocycles. The summed E-state index contributed by atoms with van der Waals surface area (Å²) >= 11 is 3.48. The maximum atomic E-state index is 11.9. The molecule has 86 heavy (non-hydrogen) atoms. The van der Waals surface area contributed by atoms with Crippen molar-refractivity contribution in [3.63, 3.8) is 0 Å². The van der Waals surface area contributed by atoms with Gasteiger partial charge in [-0.1, -0.05) is 207 Å².